The number of rotatable bonds is 3. The van der Waals surface area contributed by atoms with Crippen molar-refractivity contribution in [2.75, 3.05) is 6.54 Å². The molecular formula is C10H9N5O. The van der Waals surface area contributed by atoms with Crippen molar-refractivity contribution in [1.29, 1.82) is 0 Å². The lowest BCUT2D eigenvalue weighted by molar-refractivity contribution is 0.672. The van der Waals surface area contributed by atoms with Crippen LogP contribution in [0.15, 0.2) is 40.5 Å². The van der Waals surface area contributed by atoms with Crippen molar-refractivity contribution in [3.8, 4) is 0 Å². The number of fused-ring (bicyclic) bond motifs is 1. The van der Waals surface area contributed by atoms with Gasteiger partial charge in [0.1, 0.15) is 0 Å². The number of hydrogen-bond donors (Lipinski definition) is 0. The van der Waals surface area contributed by atoms with Crippen LogP contribution in [0.25, 0.3) is 21.3 Å². The van der Waals surface area contributed by atoms with Gasteiger partial charge in [-0.1, -0.05) is 17.2 Å². The lowest BCUT2D eigenvalue weighted by Gasteiger charge is -2.03. The van der Waals surface area contributed by atoms with E-state index in [-0.39, 0.29) is 12.1 Å². The van der Waals surface area contributed by atoms with E-state index in [1.165, 1.54) is 10.9 Å². The highest BCUT2D eigenvalue weighted by Crippen LogP contribution is 2.04. The minimum absolute atomic E-state index is 0.112. The Morgan fingerprint density at radius 1 is 1.44 bits per heavy atom. The molecule has 2 rings (SSSR count). The highest BCUT2D eigenvalue weighted by molar-refractivity contribution is 5.76. The summed E-state index contributed by atoms with van der Waals surface area (Å²) >= 11 is 0. The molecule has 0 saturated carbocycles. The first-order valence-corrected chi connectivity index (χ1v) is 4.78. The van der Waals surface area contributed by atoms with Crippen LogP contribution in [0.2, 0.25) is 0 Å². The van der Waals surface area contributed by atoms with Gasteiger partial charge in [-0.15, -0.1) is 0 Å². The number of benzene rings is 1. The zero-order valence-electron chi connectivity index (χ0n) is 8.45. The molecule has 6 heteroatoms. The summed E-state index contributed by atoms with van der Waals surface area (Å²) in [5, 5.41) is 3.96. The Kier molecular flexibility index (Phi) is 2.84. The minimum Gasteiger partial charge on any atom is -0.299 e. The summed E-state index contributed by atoms with van der Waals surface area (Å²) in [4.78, 5) is 18.7. The van der Waals surface area contributed by atoms with Crippen LogP contribution in [0.5, 0.6) is 0 Å². The normalized spacial score (nSPS) is 10.0. The van der Waals surface area contributed by atoms with Gasteiger partial charge in [0.25, 0.3) is 5.56 Å². The van der Waals surface area contributed by atoms with E-state index in [1.807, 2.05) is 6.07 Å². The average Bonchev–Trinajstić information content (AvgIpc) is 2.33. The van der Waals surface area contributed by atoms with Gasteiger partial charge in [0.15, 0.2) is 0 Å². The molecule has 6 nitrogen and oxygen atoms in total. The van der Waals surface area contributed by atoms with Crippen molar-refractivity contribution in [3.63, 3.8) is 0 Å². The Morgan fingerprint density at radius 3 is 3.06 bits per heavy atom. The Hall–Kier alpha value is -2.33. The number of para-hydroxylation sites is 1. The van der Waals surface area contributed by atoms with E-state index in [2.05, 4.69) is 15.0 Å². The molecule has 0 bridgehead atoms. The molecule has 0 N–H and O–H groups in total. The maximum atomic E-state index is 11.9. The van der Waals surface area contributed by atoms with Crippen LogP contribution in [0, 0.1) is 0 Å². The summed E-state index contributed by atoms with van der Waals surface area (Å²) in [5.41, 5.74) is 8.70. The van der Waals surface area contributed by atoms with E-state index in [0.717, 1.165) is 0 Å². The van der Waals surface area contributed by atoms with Crippen molar-refractivity contribution >= 4 is 10.9 Å². The van der Waals surface area contributed by atoms with Crippen LogP contribution >= 0.6 is 0 Å². The molecule has 0 amide bonds. The Balaban J connectivity index is 2.44. The summed E-state index contributed by atoms with van der Waals surface area (Å²) in [6.07, 6.45) is 1.47. The zero-order chi connectivity index (χ0) is 11.4. The monoisotopic (exact) mass is 215 g/mol. The van der Waals surface area contributed by atoms with E-state index < -0.39 is 0 Å². The quantitative estimate of drug-likeness (QED) is 0.443. The second-order valence-corrected chi connectivity index (χ2v) is 3.21. The van der Waals surface area contributed by atoms with Gasteiger partial charge in [-0.3, -0.25) is 9.36 Å². The lowest BCUT2D eigenvalue weighted by Crippen LogP contribution is -2.21. The van der Waals surface area contributed by atoms with Crippen molar-refractivity contribution in [2.24, 2.45) is 5.11 Å². The minimum atomic E-state index is -0.112. The van der Waals surface area contributed by atoms with Crippen molar-refractivity contribution in [1.82, 2.24) is 9.55 Å². The van der Waals surface area contributed by atoms with Crippen molar-refractivity contribution < 1.29 is 0 Å². The molecule has 2 aromatic rings. The molecule has 0 fully saturated rings. The SMILES string of the molecule is [N-]=[N+]=NCCn1cnc2ccccc2c1=O. The molecule has 0 atom stereocenters. The van der Waals surface area contributed by atoms with Crippen LogP contribution in [0.4, 0.5) is 0 Å². The van der Waals surface area contributed by atoms with Gasteiger partial charge in [0.2, 0.25) is 0 Å². The highest BCUT2D eigenvalue weighted by atomic mass is 16.1. The fourth-order valence-corrected chi connectivity index (χ4v) is 1.46. The Bertz CT molecular complexity index is 612. The zero-order valence-corrected chi connectivity index (χ0v) is 8.45. The van der Waals surface area contributed by atoms with Gasteiger partial charge < -0.3 is 0 Å². The highest BCUT2D eigenvalue weighted by Gasteiger charge is 2.01. The summed E-state index contributed by atoms with van der Waals surface area (Å²) in [6.45, 7) is 0.594. The second kappa shape index (κ2) is 4.46. The molecular weight excluding hydrogens is 206 g/mol. The van der Waals surface area contributed by atoms with E-state index in [9.17, 15) is 4.79 Å². The fraction of sp³-hybridized carbons (Fsp3) is 0.200. The molecule has 1 aromatic carbocycles. The third-order valence-corrected chi connectivity index (χ3v) is 2.24. The van der Waals surface area contributed by atoms with E-state index in [0.29, 0.717) is 17.4 Å². The maximum Gasteiger partial charge on any atom is 0.261 e. The summed E-state index contributed by atoms with van der Waals surface area (Å²) < 4.78 is 1.44. The summed E-state index contributed by atoms with van der Waals surface area (Å²) in [5.74, 6) is 0. The fourth-order valence-electron chi connectivity index (χ4n) is 1.46. The average molecular weight is 215 g/mol. The van der Waals surface area contributed by atoms with Gasteiger partial charge in [0, 0.05) is 18.0 Å². The second-order valence-electron chi connectivity index (χ2n) is 3.21. The summed E-state index contributed by atoms with van der Waals surface area (Å²) in [6, 6.07) is 7.14. The third-order valence-electron chi connectivity index (χ3n) is 2.24. The topological polar surface area (TPSA) is 83.7 Å². The van der Waals surface area contributed by atoms with Crippen molar-refractivity contribution in [2.45, 2.75) is 6.54 Å². The molecule has 16 heavy (non-hydrogen) atoms. The number of aromatic nitrogens is 2. The first-order valence-electron chi connectivity index (χ1n) is 4.78. The molecule has 0 spiro atoms. The van der Waals surface area contributed by atoms with Gasteiger partial charge in [-0.05, 0) is 17.7 Å². The third kappa shape index (κ3) is 1.87. The molecule has 0 aliphatic rings. The lowest BCUT2D eigenvalue weighted by atomic mass is 10.2. The standard InChI is InChI=1S/C10H9N5O/c11-14-13-5-6-15-7-12-9-4-2-1-3-8(9)10(15)16/h1-4,7H,5-6H2. The maximum absolute atomic E-state index is 11.9. The van der Waals surface area contributed by atoms with E-state index in [1.54, 1.807) is 18.2 Å². The molecule has 0 aliphatic carbocycles. The van der Waals surface area contributed by atoms with Gasteiger partial charge in [-0.2, -0.15) is 0 Å². The predicted octanol–water partition coefficient (Wildman–Crippen LogP) is 1.71. The van der Waals surface area contributed by atoms with E-state index in [4.69, 9.17) is 5.53 Å². The molecule has 1 aromatic heterocycles. The first-order chi connectivity index (χ1) is 7.83. The van der Waals surface area contributed by atoms with Crippen molar-refractivity contribution in [3.05, 3.63) is 51.4 Å². The Labute approximate surface area is 90.8 Å². The van der Waals surface area contributed by atoms with E-state index >= 15 is 0 Å². The van der Waals surface area contributed by atoms with Crippen LogP contribution in [0.3, 0.4) is 0 Å². The van der Waals surface area contributed by atoms with Gasteiger partial charge >= 0.3 is 0 Å². The summed E-state index contributed by atoms with van der Waals surface area (Å²) in [7, 11) is 0. The number of nitrogens with zero attached hydrogens (tertiary/aromatic N) is 5. The van der Waals surface area contributed by atoms with Crippen LogP contribution < -0.4 is 5.56 Å². The number of hydrogen-bond acceptors (Lipinski definition) is 3. The molecule has 0 radical (unpaired) electrons. The first kappa shape index (κ1) is 10.2. The molecule has 0 aliphatic heterocycles. The number of azide groups is 1. The Morgan fingerprint density at radius 2 is 2.25 bits per heavy atom. The van der Waals surface area contributed by atoms with Crippen LogP contribution in [-0.4, -0.2) is 16.1 Å². The van der Waals surface area contributed by atoms with Gasteiger partial charge in [0.05, 0.1) is 17.2 Å². The largest absolute Gasteiger partial charge is 0.299 e. The van der Waals surface area contributed by atoms with Crippen LogP contribution in [-0.2, 0) is 6.54 Å². The molecule has 0 saturated heterocycles. The molecule has 80 valence electrons. The smallest absolute Gasteiger partial charge is 0.261 e. The molecule has 1 heterocycles. The molecule has 0 unspecified atom stereocenters. The predicted molar refractivity (Wildman–Crippen MR) is 60.0 cm³/mol. The van der Waals surface area contributed by atoms with Gasteiger partial charge in [-0.25, -0.2) is 4.98 Å². The van der Waals surface area contributed by atoms with Crippen LogP contribution in [0.1, 0.15) is 0 Å².